The first-order valence-corrected chi connectivity index (χ1v) is 40.2. The predicted molar refractivity (Wildman–Crippen MR) is 406 cm³/mol. The largest absolute Gasteiger partial charge is 0.394 e. The number of hydrogen-bond acceptors (Lipinski definition) is 25. The molecule has 624 valence electrons. The summed E-state index contributed by atoms with van der Waals surface area (Å²) >= 11 is 0. The van der Waals surface area contributed by atoms with Gasteiger partial charge in [0.05, 0.1) is 37.2 Å². The molecule has 41 nitrogen and oxygen atoms in total. The maximum atomic E-state index is 15.5. The molecular formula is C69H113N23O18S2. The van der Waals surface area contributed by atoms with E-state index in [-0.39, 0.29) is 115 Å². The molecule has 4 aliphatic heterocycles. The average Bonchev–Trinajstić information content (AvgIpc) is 1.58. The molecule has 0 radical (unpaired) electrons. The summed E-state index contributed by atoms with van der Waals surface area (Å²) in [6.45, 7) is 14.4. The Hall–Kier alpha value is -9.33. The Bertz CT molecular complexity index is 3620. The molecule has 0 bridgehead atoms. The number of amides is 15. The Kier molecular flexibility index (Phi) is 34.3. The molecule has 15 amide bonds. The fourth-order valence-electron chi connectivity index (χ4n) is 13.1. The second kappa shape index (κ2) is 42.0. The molecule has 6 rings (SSSR count). The van der Waals surface area contributed by atoms with Crippen LogP contribution in [0.15, 0.2) is 6.20 Å². The van der Waals surface area contributed by atoms with Crippen LogP contribution in [0, 0.1) is 28.6 Å². The second-order valence-electron chi connectivity index (χ2n) is 30.3. The summed E-state index contributed by atoms with van der Waals surface area (Å²) in [6, 6.07) is -18.3. The maximum absolute atomic E-state index is 15.5. The highest BCUT2D eigenvalue weighted by Crippen LogP contribution is 2.33. The number of hydrogen-bond donors (Lipinski definition) is 19. The quantitative estimate of drug-likeness (QED) is 0.0161. The van der Waals surface area contributed by atoms with Crippen LogP contribution >= 0.6 is 21.6 Å². The topological polar surface area (TPSA) is 626 Å². The molecule has 5 aliphatic rings. The van der Waals surface area contributed by atoms with Crippen LogP contribution in [-0.2, 0) is 83.1 Å². The molecule has 1 saturated carbocycles. The van der Waals surface area contributed by atoms with E-state index in [1.165, 1.54) is 27.8 Å². The van der Waals surface area contributed by atoms with Gasteiger partial charge in [-0.1, -0.05) is 108 Å². The number of rotatable bonds is 28. The van der Waals surface area contributed by atoms with Crippen LogP contribution in [-0.4, -0.2) is 269 Å². The minimum absolute atomic E-state index is 0.0169. The molecule has 4 saturated heterocycles. The SMILES string of the molecule is CC[C@H](C)[C@@H]1NC(=O)[C@@H]2CCCN2C(=O)[C@@H]2CCCN2C(=O)[C@H](CC(C)(C)C)NC(=O)[C@H](CO)NC(=O)[C@H](CCCNC(=N)N)NC(=O)[C@H](CO)NC(=O)[C@@H](NC(=O)[C@H](NC(=O)[C@H](C)N)[C@@H](C)CC)SS[C@@H](C(=O)N[C@H](C(=O)N2CCC[C@H]2C(=O)N[C@@H](Cc2cn([C@H](N)C(=O)NC3CC3=O)nn2)C(N)=O)[C@@H](C)CC)NC1=O. The Morgan fingerprint density at radius 1 is 0.643 bits per heavy atom. The summed E-state index contributed by atoms with van der Waals surface area (Å²) in [7, 11) is 0.799. The summed E-state index contributed by atoms with van der Waals surface area (Å²) < 4.78 is 0.980. The van der Waals surface area contributed by atoms with E-state index in [2.05, 4.69) is 74.1 Å². The molecule has 5 fully saturated rings. The van der Waals surface area contributed by atoms with Gasteiger partial charge >= 0.3 is 0 Å². The lowest BCUT2D eigenvalue weighted by molar-refractivity contribution is -0.148. The van der Waals surface area contributed by atoms with Crippen molar-refractivity contribution >= 4 is 122 Å². The molecule has 112 heavy (non-hydrogen) atoms. The molecule has 1 aromatic rings. The minimum atomic E-state index is -2.01. The summed E-state index contributed by atoms with van der Waals surface area (Å²) in [5.74, 6) is -17.0. The van der Waals surface area contributed by atoms with Crippen LogP contribution in [0.25, 0.3) is 0 Å². The number of primary amides is 1. The number of guanidine groups is 1. The van der Waals surface area contributed by atoms with E-state index >= 15 is 19.2 Å². The molecule has 23 N–H and O–H groups in total. The van der Waals surface area contributed by atoms with Gasteiger partial charge in [0.1, 0.15) is 66.5 Å². The van der Waals surface area contributed by atoms with E-state index in [9.17, 15) is 67.7 Å². The maximum Gasteiger partial charge on any atom is 0.260 e. The lowest BCUT2D eigenvalue weighted by Gasteiger charge is -2.35. The zero-order chi connectivity index (χ0) is 83.3. The first-order chi connectivity index (χ1) is 52.8. The zero-order valence-corrected chi connectivity index (χ0v) is 66.6. The number of fused-ring (bicyclic) bond motifs is 2. The van der Waals surface area contributed by atoms with Crippen molar-refractivity contribution in [2.75, 3.05) is 39.4 Å². The van der Waals surface area contributed by atoms with Crippen LogP contribution in [0.5, 0.6) is 0 Å². The summed E-state index contributed by atoms with van der Waals surface area (Å²) in [5.41, 5.74) is 22.7. The molecule has 43 heteroatoms. The lowest BCUT2D eigenvalue weighted by atomic mass is 9.87. The molecule has 1 unspecified atom stereocenters. The first-order valence-electron chi connectivity index (χ1n) is 37.9. The normalized spacial score (nSPS) is 26.2. The number of likely N-dealkylation sites (tertiary alicyclic amines) is 1. The lowest BCUT2D eigenvalue weighted by Crippen LogP contribution is -2.61. The third kappa shape index (κ3) is 25.3. The van der Waals surface area contributed by atoms with Crippen LogP contribution in [0.3, 0.4) is 0 Å². The van der Waals surface area contributed by atoms with E-state index < -0.39 is 226 Å². The van der Waals surface area contributed by atoms with Crippen molar-refractivity contribution in [2.45, 2.75) is 255 Å². The van der Waals surface area contributed by atoms with Gasteiger partial charge in [-0.25, -0.2) is 4.68 Å². The number of carbonyl (C=O) groups excluding carboxylic acids is 16. The summed E-state index contributed by atoms with van der Waals surface area (Å²) in [5, 5.41) is 63.9. The Balaban J connectivity index is 1.43. The average molecular weight is 1620 g/mol. The molecule has 0 spiro atoms. The summed E-state index contributed by atoms with van der Waals surface area (Å²) in [6.07, 6.45) is 1.09. The third-order valence-corrected chi connectivity index (χ3v) is 23.0. The molecule has 0 aromatic carbocycles. The molecule has 1 aliphatic carbocycles. The number of carbonyl (C=O) groups is 16. The standard InChI is InChI=1S/C69H113N23O18S2/c1-11-32(4)47(82-52(97)35(7)70)58(103)85-63-61(106)81-42(31-94)54(99)76-37(18-14-22-75-68(73)74)53(98)80-41(30-93)55(100)79-40(28-69(8,9)10)65(108)91-25-17-21-45(91)66(109)89-23-15-20-44(89)57(102)83-48(33(5)12-2)59(104)86-64(112-111-63)62(107)84-49(34(6)13-3)67(110)90-24-16-19-43(90)56(101)78-39(51(72)96)26-36-29-92(88-87-36)50(71)60(105)77-38-27-46(38)95/h29,32-35,37-45,47-50,63-64,93-94H,11-28,30-31,70-71H2,1-10H3,(H2,72,96)(H,76,99)(H,77,105)(H,78,101)(H,79,100)(H,80,98)(H,81,106)(H,82,97)(H,83,102)(H,84,107)(H,85,103)(H,86,104)(H4,73,74,75)/t32-,33-,34-,35-,37-,38?,39-,40-,41-,42-,43-,44-,45-,47+,48-,49-,50-,63-,64-/m0/s1. The summed E-state index contributed by atoms with van der Waals surface area (Å²) in [4.78, 5) is 233. The fraction of sp³-hybridized carbons (Fsp3) is 0.725. The highest BCUT2D eigenvalue weighted by Gasteiger charge is 2.48. The smallest absolute Gasteiger partial charge is 0.260 e. The number of nitrogens with one attached hydrogen (secondary N) is 13. The van der Waals surface area contributed by atoms with Crippen LogP contribution in [0.4, 0.5) is 0 Å². The van der Waals surface area contributed by atoms with Crippen molar-refractivity contribution in [1.82, 2.24) is 93.5 Å². The Morgan fingerprint density at radius 2 is 1.21 bits per heavy atom. The monoisotopic (exact) mass is 1620 g/mol. The number of Topliss-reactive ketones (excluding diaryl/α,β-unsaturated/α-hetero) is 1. The van der Waals surface area contributed by atoms with E-state index in [1.807, 2.05) is 0 Å². The van der Waals surface area contributed by atoms with Crippen molar-refractivity contribution < 1.29 is 86.9 Å². The number of aromatic nitrogens is 3. The number of aliphatic hydroxyl groups excluding tert-OH is 2. The fourth-order valence-corrected chi connectivity index (χ4v) is 15.4. The first kappa shape index (κ1) is 91.5. The van der Waals surface area contributed by atoms with E-state index in [4.69, 9.17) is 28.3 Å². The van der Waals surface area contributed by atoms with Gasteiger partial charge in [0.15, 0.2) is 28.7 Å². The predicted octanol–water partition coefficient (Wildman–Crippen LogP) is -6.48. The van der Waals surface area contributed by atoms with Crippen molar-refractivity contribution in [3.8, 4) is 0 Å². The minimum Gasteiger partial charge on any atom is -0.394 e. The number of nitrogens with zero attached hydrogens (tertiary/aromatic N) is 6. The van der Waals surface area contributed by atoms with Gasteiger partial charge < -0.3 is 112 Å². The zero-order valence-electron chi connectivity index (χ0n) is 64.9. The van der Waals surface area contributed by atoms with Crippen molar-refractivity contribution in [3.63, 3.8) is 0 Å². The molecule has 5 heterocycles. The van der Waals surface area contributed by atoms with Crippen LogP contribution in [0.1, 0.15) is 165 Å². The van der Waals surface area contributed by atoms with E-state index in [0.29, 0.717) is 34.4 Å². The molecular weight excluding hydrogens is 1500 g/mol. The number of ketones is 1. The molecule has 1 aromatic heterocycles. The number of aliphatic hydroxyl groups is 2. The van der Waals surface area contributed by atoms with Gasteiger partial charge in [-0.2, -0.15) is 0 Å². The van der Waals surface area contributed by atoms with Gasteiger partial charge in [0.25, 0.3) is 17.7 Å². The van der Waals surface area contributed by atoms with Crippen LogP contribution < -0.4 is 86.7 Å². The van der Waals surface area contributed by atoms with Gasteiger partial charge in [-0.15, -0.1) is 5.10 Å². The van der Waals surface area contributed by atoms with E-state index in [1.54, 1.807) is 62.3 Å². The highest BCUT2D eigenvalue weighted by molar-refractivity contribution is 8.77. The van der Waals surface area contributed by atoms with Gasteiger partial charge in [0, 0.05) is 39.0 Å². The van der Waals surface area contributed by atoms with Crippen molar-refractivity contribution in [3.05, 3.63) is 11.9 Å². The van der Waals surface area contributed by atoms with Gasteiger partial charge in [0.2, 0.25) is 70.9 Å². The van der Waals surface area contributed by atoms with Gasteiger partial charge in [-0.05, 0) is 87.9 Å². The van der Waals surface area contributed by atoms with Crippen molar-refractivity contribution in [1.29, 1.82) is 5.41 Å². The molecule has 19 atom stereocenters. The Morgan fingerprint density at radius 3 is 1.79 bits per heavy atom. The Labute approximate surface area is 656 Å². The number of nitrogens with two attached hydrogens (primary N) is 4. The van der Waals surface area contributed by atoms with Gasteiger partial charge in [-0.3, -0.25) is 82.1 Å². The third-order valence-electron chi connectivity index (χ3n) is 20.4. The van der Waals surface area contributed by atoms with E-state index in [0.717, 1.165) is 4.68 Å². The van der Waals surface area contributed by atoms with Crippen molar-refractivity contribution in [2.24, 2.45) is 46.1 Å². The second-order valence-corrected chi connectivity index (χ2v) is 32.8. The van der Waals surface area contributed by atoms with Crippen LogP contribution in [0.2, 0.25) is 0 Å². The highest BCUT2D eigenvalue weighted by atomic mass is 33.1.